The number of carbonyl (C=O) groups is 4. The number of thioether (sulfide) groups is 1. The minimum atomic E-state index is -0.979. The number of aliphatic carboxylic acids is 1. The van der Waals surface area contributed by atoms with Crippen molar-refractivity contribution in [3.05, 3.63) is 88.3 Å². The quantitative estimate of drug-likeness (QED) is 0.152. The van der Waals surface area contributed by atoms with Crippen molar-refractivity contribution in [2.45, 2.75) is 42.9 Å². The first-order chi connectivity index (χ1) is 20.3. The Balaban J connectivity index is 1.22. The van der Waals surface area contributed by atoms with Gasteiger partial charge in [0.15, 0.2) is 0 Å². The van der Waals surface area contributed by atoms with E-state index in [4.69, 9.17) is 4.74 Å². The molecule has 1 heterocycles. The number of allylic oxidation sites excluding steroid dienone is 2. The van der Waals surface area contributed by atoms with Crippen LogP contribution in [0.25, 0.3) is 0 Å². The second-order valence-electron chi connectivity index (χ2n) is 10.4. The highest BCUT2D eigenvalue weighted by Gasteiger charge is 2.34. The molecule has 0 saturated carbocycles. The van der Waals surface area contributed by atoms with Gasteiger partial charge >= 0.3 is 11.9 Å². The van der Waals surface area contributed by atoms with Gasteiger partial charge in [0.05, 0.1) is 30.3 Å². The molecule has 10 heteroatoms. The molecule has 8 nitrogen and oxygen atoms in total. The fraction of sp³-hybridized carbons (Fsp3) is 0.312. The number of hydrogen-bond donors (Lipinski definition) is 3. The van der Waals surface area contributed by atoms with E-state index in [2.05, 4.69) is 22.8 Å². The van der Waals surface area contributed by atoms with E-state index < -0.39 is 23.8 Å². The van der Waals surface area contributed by atoms with Crippen LogP contribution in [0.1, 0.15) is 51.5 Å². The smallest absolute Gasteiger partial charge is 0.341 e. The molecule has 2 aliphatic rings. The number of thiophene rings is 1. The van der Waals surface area contributed by atoms with Crippen LogP contribution < -0.4 is 10.6 Å². The summed E-state index contributed by atoms with van der Waals surface area (Å²) in [5.41, 5.74) is 3.22. The van der Waals surface area contributed by atoms with Crippen LogP contribution >= 0.6 is 23.1 Å². The summed E-state index contributed by atoms with van der Waals surface area (Å²) in [6, 6.07) is 17.4. The normalized spacial score (nSPS) is 19.4. The van der Waals surface area contributed by atoms with Gasteiger partial charge in [-0.3, -0.25) is 14.4 Å². The van der Waals surface area contributed by atoms with E-state index in [-0.39, 0.29) is 17.6 Å². The summed E-state index contributed by atoms with van der Waals surface area (Å²) in [7, 11) is 1.35. The van der Waals surface area contributed by atoms with Gasteiger partial charge in [0.1, 0.15) is 5.00 Å². The summed E-state index contributed by atoms with van der Waals surface area (Å²) < 4.78 is 5.07. The van der Waals surface area contributed by atoms with Crippen molar-refractivity contribution >= 4 is 57.5 Å². The van der Waals surface area contributed by atoms with E-state index in [9.17, 15) is 24.3 Å². The van der Waals surface area contributed by atoms with E-state index in [0.717, 1.165) is 34.6 Å². The Labute approximate surface area is 252 Å². The van der Waals surface area contributed by atoms with Gasteiger partial charge in [-0.2, -0.15) is 0 Å². The summed E-state index contributed by atoms with van der Waals surface area (Å²) in [6.45, 7) is 0. The summed E-state index contributed by atoms with van der Waals surface area (Å²) in [5, 5.41) is 15.8. The molecule has 5 rings (SSSR count). The van der Waals surface area contributed by atoms with Gasteiger partial charge in [-0.25, -0.2) is 4.79 Å². The lowest BCUT2D eigenvalue weighted by Crippen LogP contribution is -2.34. The summed E-state index contributed by atoms with van der Waals surface area (Å²) in [4.78, 5) is 52.0. The minimum absolute atomic E-state index is 0.0989. The van der Waals surface area contributed by atoms with Gasteiger partial charge in [-0.1, -0.05) is 48.6 Å². The van der Waals surface area contributed by atoms with E-state index in [0.29, 0.717) is 35.0 Å². The van der Waals surface area contributed by atoms with Crippen LogP contribution in [0, 0.1) is 11.8 Å². The number of nitrogens with one attached hydrogen (secondary N) is 2. The number of carbonyl (C=O) groups excluding carboxylic acids is 3. The standard InChI is InChI=1S/C32H32N2O6S2/c1-40-32(39)28-25-15-14-20(19-8-3-2-4-9-19)16-26(25)42-30(28)34-27(35)18-41-22-11-7-10-21(17-22)33-29(36)23-12-5-6-13-24(23)31(37)38/h2-11,17,20,23-24H,12-16,18H2,1H3,(H,33,36)(H,34,35)(H,37,38). The van der Waals surface area contributed by atoms with Crippen molar-refractivity contribution in [1.29, 1.82) is 0 Å². The molecule has 0 bridgehead atoms. The van der Waals surface area contributed by atoms with Gasteiger partial charge in [0.2, 0.25) is 11.8 Å². The summed E-state index contributed by atoms with van der Waals surface area (Å²) >= 11 is 2.75. The Bertz CT molecular complexity index is 1520. The lowest BCUT2D eigenvalue weighted by atomic mass is 9.82. The number of ether oxygens (including phenoxy) is 1. The molecule has 0 saturated heterocycles. The Morgan fingerprint density at radius 3 is 2.50 bits per heavy atom. The Morgan fingerprint density at radius 1 is 1.00 bits per heavy atom. The monoisotopic (exact) mass is 604 g/mol. The molecule has 42 heavy (non-hydrogen) atoms. The molecule has 218 valence electrons. The van der Waals surface area contributed by atoms with Crippen LogP contribution in [0.2, 0.25) is 0 Å². The van der Waals surface area contributed by atoms with Crippen molar-refractivity contribution in [3.8, 4) is 0 Å². The number of anilines is 2. The number of carboxylic acid groups (broad SMARTS) is 1. The zero-order chi connectivity index (χ0) is 29.6. The average molecular weight is 605 g/mol. The van der Waals surface area contributed by atoms with Crippen LogP contribution in [0.4, 0.5) is 10.7 Å². The molecule has 2 amide bonds. The fourth-order valence-corrected chi connectivity index (χ4v) is 7.68. The number of methoxy groups -OCH3 is 1. The molecule has 2 aromatic carbocycles. The highest BCUT2D eigenvalue weighted by molar-refractivity contribution is 8.00. The van der Waals surface area contributed by atoms with Crippen molar-refractivity contribution in [3.63, 3.8) is 0 Å². The minimum Gasteiger partial charge on any atom is -0.481 e. The second kappa shape index (κ2) is 13.4. The topological polar surface area (TPSA) is 122 Å². The van der Waals surface area contributed by atoms with Gasteiger partial charge in [0.25, 0.3) is 0 Å². The number of benzene rings is 2. The molecule has 2 aliphatic carbocycles. The molecular formula is C32H32N2O6S2. The number of rotatable bonds is 9. The molecule has 0 fully saturated rings. The fourth-order valence-electron chi connectivity index (χ4n) is 5.59. The van der Waals surface area contributed by atoms with Gasteiger partial charge in [-0.05, 0) is 67.3 Å². The first-order valence-electron chi connectivity index (χ1n) is 13.8. The molecule has 3 aromatic rings. The maximum absolute atomic E-state index is 13.0. The average Bonchev–Trinajstić information content (AvgIpc) is 3.37. The highest BCUT2D eigenvalue weighted by Crippen LogP contribution is 2.43. The maximum Gasteiger partial charge on any atom is 0.341 e. The van der Waals surface area contributed by atoms with Crippen LogP contribution in [0.5, 0.6) is 0 Å². The number of esters is 1. The summed E-state index contributed by atoms with van der Waals surface area (Å²) in [6.07, 6.45) is 6.81. The number of fused-ring (bicyclic) bond motifs is 1. The maximum atomic E-state index is 13.0. The highest BCUT2D eigenvalue weighted by atomic mass is 32.2. The zero-order valence-electron chi connectivity index (χ0n) is 23.1. The van der Waals surface area contributed by atoms with Crippen molar-refractivity contribution < 1.29 is 29.0 Å². The van der Waals surface area contributed by atoms with Crippen molar-refractivity contribution in [1.82, 2.24) is 0 Å². The van der Waals surface area contributed by atoms with Crippen LogP contribution in [-0.2, 0) is 32.0 Å². The third-order valence-electron chi connectivity index (χ3n) is 7.74. The third-order valence-corrected chi connectivity index (χ3v) is 9.90. The Morgan fingerprint density at radius 2 is 1.76 bits per heavy atom. The number of hydrogen-bond acceptors (Lipinski definition) is 7. The molecule has 0 aliphatic heterocycles. The first kappa shape index (κ1) is 29.6. The van der Waals surface area contributed by atoms with E-state index in [1.807, 2.05) is 30.3 Å². The van der Waals surface area contributed by atoms with Gasteiger partial charge in [0, 0.05) is 15.5 Å². The molecular weight excluding hydrogens is 572 g/mol. The molecule has 1 aromatic heterocycles. The molecule has 0 spiro atoms. The van der Waals surface area contributed by atoms with Crippen LogP contribution in [-0.4, -0.2) is 41.7 Å². The molecule has 3 unspecified atom stereocenters. The third kappa shape index (κ3) is 6.77. The lowest BCUT2D eigenvalue weighted by Gasteiger charge is -2.24. The SMILES string of the molecule is COC(=O)c1c(NC(=O)CSc2cccc(NC(=O)C3CC=CCC3C(=O)O)c2)sc2c1CCC(c1ccccc1)C2. The molecule has 3 N–H and O–H groups in total. The predicted octanol–water partition coefficient (Wildman–Crippen LogP) is 6.14. The molecule has 3 atom stereocenters. The number of carboxylic acids is 1. The van der Waals surface area contributed by atoms with E-state index in [1.54, 1.807) is 24.3 Å². The predicted molar refractivity (Wildman–Crippen MR) is 164 cm³/mol. The van der Waals surface area contributed by atoms with Crippen molar-refractivity contribution in [2.75, 3.05) is 23.5 Å². The first-order valence-corrected chi connectivity index (χ1v) is 15.6. The van der Waals surface area contributed by atoms with E-state index in [1.165, 1.54) is 35.8 Å². The van der Waals surface area contributed by atoms with Gasteiger partial charge in [-0.15, -0.1) is 23.1 Å². The largest absolute Gasteiger partial charge is 0.481 e. The zero-order valence-corrected chi connectivity index (χ0v) is 24.8. The molecule has 0 radical (unpaired) electrons. The Kier molecular flexibility index (Phi) is 9.44. The Hall–Kier alpha value is -3.89. The van der Waals surface area contributed by atoms with E-state index >= 15 is 0 Å². The van der Waals surface area contributed by atoms with Gasteiger partial charge < -0.3 is 20.5 Å². The van der Waals surface area contributed by atoms with Crippen LogP contribution in [0.3, 0.4) is 0 Å². The van der Waals surface area contributed by atoms with Crippen molar-refractivity contribution in [2.24, 2.45) is 11.8 Å². The summed E-state index contributed by atoms with van der Waals surface area (Å²) in [5.74, 6) is -2.95. The second-order valence-corrected chi connectivity index (χ2v) is 12.6. The lowest BCUT2D eigenvalue weighted by molar-refractivity contribution is -0.146. The van der Waals surface area contributed by atoms with Crippen LogP contribution in [0.15, 0.2) is 71.6 Å². The number of amides is 2.